The third-order valence-electron chi connectivity index (χ3n) is 2.34. The first-order chi connectivity index (χ1) is 8.17. The molecule has 1 aromatic carbocycles. The number of nitriles is 1. The van der Waals surface area contributed by atoms with Crippen LogP contribution in [0.15, 0.2) is 36.4 Å². The molecule has 0 radical (unpaired) electrons. The van der Waals surface area contributed by atoms with E-state index in [4.69, 9.17) is 10.00 Å². The van der Waals surface area contributed by atoms with Gasteiger partial charge in [0.2, 0.25) is 0 Å². The zero-order chi connectivity index (χ0) is 12.7. The van der Waals surface area contributed by atoms with Gasteiger partial charge in [-0.3, -0.25) is 0 Å². The van der Waals surface area contributed by atoms with E-state index in [1.807, 2.05) is 18.2 Å². The molecule has 0 aliphatic carbocycles. The number of carbonyl (C=O) groups is 1. The Bertz CT molecular complexity index is 458. The highest BCUT2D eigenvalue weighted by atomic mass is 16.5. The van der Waals surface area contributed by atoms with Gasteiger partial charge in [-0.25, -0.2) is 4.79 Å². The highest BCUT2D eigenvalue weighted by molar-refractivity contribution is 5.87. The minimum atomic E-state index is -0.344. The molecule has 0 saturated carbocycles. The number of rotatable bonds is 5. The van der Waals surface area contributed by atoms with Crippen molar-refractivity contribution in [2.75, 3.05) is 6.61 Å². The van der Waals surface area contributed by atoms with Crippen LogP contribution in [-0.2, 0) is 16.0 Å². The molecule has 3 heteroatoms. The summed E-state index contributed by atoms with van der Waals surface area (Å²) < 4.78 is 4.85. The molecule has 1 aromatic rings. The van der Waals surface area contributed by atoms with Crippen LogP contribution in [0.25, 0.3) is 0 Å². The number of benzene rings is 1. The summed E-state index contributed by atoms with van der Waals surface area (Å²) in [6.45, 7) is 5.82. The maximum atomic E-state index is 11.3. The van der Waals surface area contributed by atoms with Gasteiger partial charge in [0.25, 0.3) is 0 Å². The van der Waals surface area contributed by atoms with E-state index in [-0.39, 0.29) is 5.97 Å². The van der Waals surface area contributed by atoms with Crippen molar-refractivity contribution in [3.05, 3.63) is 47.5 Å². The molecule has 3 nitrogen and oxygen atoms in total. The Morgan fingerprint density at radius 1 is 1.53 bits per heavy atom. The number of hydrogen-bond donors (Lipinski definition) is 0. The largest absolute Gasteiger partial charge is 0.463 e. The molecule has 1 rings (SSSR count). The van der Waals surface area contributed by atoms with Crippen molar-refractivity contribution in [1.29, 1.82) is 5.26 Å². The molecular formula is C14H15NO2. The summed E-state index contributed by atoms with van der Waals surface area (Å²) in [5.74, 6) is -0.344. The zero-order valence-corrected chi connectivity index (χ0v) is 9.90. The zero-order valence-electron chi connectivity index (χ0n) is 9.90. The molecular weight excluding hydrogens is 214 g/mol. The quantitative estimate of drug-likeness (QED) is 0.576. The Morgan fingerprint density at radius 2 is 2.29 bits per heavy atom. The van der Waals surface area contributed by atoms with E-state index < -0.39 is 0 Å². The molecule has 17 heavy (non-hydrogen) atoms. The Labute approximate surface area is 101 Å². The molecule has 0 bridgehead atoms. The fourth-order valence-electron chi connectivity index (χ4n) is 1.43. The van der Waals surface area contributed by atoms with Gasteiger partial charge in [0.15, 0.2) is 0 Å². The van der Waals surface area contributed by atoms with Gasteiger partial charge >= 0.3 is 5.97 Å². The van der Waals surface area contributed by atoms with E-state index in [2.05, 4.69) is 12.6 Å². The van der Waals surface area contributed by atoms with Crippen LogP contribution < -0.4 is 0 Å². The summed E-state index contributed by atoms with van der Waals surface area (Å²) in [6, 6.07) is 9.42. The van der Waals surface area contributed by atoms with Crippen LogP contribution in [0.3, 0.4) is 0 Å². The van der Waals surface area contributed by atoms with Crippen LogP contribution in [-0.4, -0.2) is 12.6 Å². The second kappa shape index (κ2) is 6.49. The molecule has 0 fully saturated rings. The maximum absolute atomic E-state index is 11.3. The minimum absolute atomic E-state index is 0.344. The van der Waals surface area contributed by atoms with Gasteiger partial charge in [0, 0.05) is 5.57 Å². The van der Waals surface area contributed by atoms with Gasteiger partial charge < -0.3 is 4.74 Å². The van der Waals surface area contributed by atoms with Crippen LogP contribution >= 0.6 is 0 Å². The lowest BCUT2D eigenvalue weighted by atomic mass is 10.0. The van der Waals surface area contributed by atoms with Crippen molar-refractivity contribution in [3.8, 4) is 6.07 Å². The Balaban J connectivity index is 2.53. The average molecular weight is 229 g/mol. The molecule has 0 amide bonds. The highest BCUT2D eigenvalue weighted by Gasteiger charge is 2.07. The normalized spacial score (nSPS) is 9.41. The van der Waals surface area contributed by atoms with Crippen LogP contribution in [0.2, 0.25) is 0 Å². The summed E-state index contributed by atoms with van der Waals surface area (Å²) in [5.41, 5.74) is 2.12. The first-order valence-electron chi connectivity index (χ1n) is 5.51. The first kappa shape index (κ1) is 13.0. The maximum Gasteiger partial charge on any atom is 0.333 e. The van der Waals surface area contributed by atoms with E-state index in [0.29, 0.717) is 30.6 Å². The van der Waals surface area contributed by atoms with Crippen molar-refractivity contribution in [1.82, 2.24) is 0 Å². The van der Waals surface area contributed by atoms with E-state index in [1.54, 1.807) is 13.0 Å². The van der Waals surface area contributed by atoms with Crippen LogP contribution in [0.1, 0.15) is 24.5 Å². The van der Waals surface area contributed by atoms with E-state index >= 15 is 0 Å². The lowest BCUT2D eigenvalue weighted by Gasteiger charge is -2.05. The predicted octanol–water partition coefficient (Wildman–Crippen LogP) is 2.61. The Morgan fingerprint density at radius 3 is 2.94 bits per heavy atom. The second-order valence-corrected chi connectivity index (χ2v) is 3.64. The van der Waals surface area contributed by atoms with Gasteiger partial charge in [-0.1, -0.05) is 18.7 Å². The molecule has 0 saturated heterocycles. The van der Waals surface area contributed by atoms with E-state index in [1.165, 1.54) is 0 Å². The Hall–Kier alpha value is -2.08. The number of esters is 1. The van der Waals surface area contributed by atoms with Crippen molar-refractivity contribution in [2.45, 2.75) is 19.8 Å². The van der Waals surface area contributed by atoms with Gasteiger partial charge in [-0.05, 0) is 37.5 Å². The fraction of sp³-hybridized carbons (Fsp3) is 0.286. The molecule has 0 aromatic heterocycles. The Kier molecular flexibility index (Phi) is 4.96. The SMILES string of the molecule is C=C(CCc1cccc(C#N)c1)C(=O)OCC. The number of aryl methyl sites for hydroxylation is 1. The fourth-order valence-corrected chi connectivity index (χ4v) is 1.43. The molecule has 0 unspecified atom stereocenters. The lowest BCUT2D eigenvalue weighted by Crippen LogP contribution is -2.07. The third-order valence-corrected chi connectivity index (χ3v) is 2.34. The van der Waals surface area contributed by atoms with Crippen molar-refractivity contribution in [2.24, 2.45) is 0 Å². The summed E-state index contributed by atoms with van der Waals surface area (Å²) in [7, 11) is 0. The topological polar surface area (TPSA) is 50.1 Å². The van der Waals surface area contributed by atoms with E-state index in [9.17, 15) is 4.79 Å². The van der Waals surface area contributed by atoms with Crippen LogP contribution in [0, 0.1) is 11.3 Å². The summed E-state index contributed by atoms with van der Waals surface area (Å²) in [5, 5.41) is 8.76. The predicted molar refractivity (Wildman–Crippen MR) is 65.3 cm³/mol. The van der Waals surface area contributed by atoms with Gasteiger partial charge in [0.05, 0.1) is 18.2 Å². The number of carbonyl (C=O) groups excluding carboxylic acids is 1. The van der Waals surface area contributed by atoms with Gasteiger partial charge in [-0.2, -0.15) is 5.26 Å². The number of ether oxygens (including phenoxy) is 1. The minimum Gasteiger partial charge on any atom is -0.463 e. The van der Waals surface area contributed by atoms with Crippen LogP contribution in [0.4, 0.5) is 0 Å². The van der Waals surface area contributed by atoms with Crippen LogP contribution in [0.5, 0.6) is 0 Å². The first-order valence-corrected chi connectivity index (χ1v) is 5.51. The highest BCUT2D eigenvalue weighted by Crippen LogP contribution is 2.11. The summed E-state index contributed by atoms with van der Waals surface area (Å²) in [6.07, 6.45) is 1.24. The molecule has 0 atom stereocenters. The van der Waals surface area contributed by atoms with E-state index in [0.717, 1.165) is 5.56 Å². The van der Waals surface area contributed by atoms with Crippen molar-refractivity contribution in [3.63, 3.8) is 0 Å². The van der Waals surface area contributed by atoms with Gasteiger partial charge in [0.1, 0.15) is 0 Å². The molecule has 0 aliphatic rings. The molecule has 0 spiro atoms. The average Bonchev–Trinajstić information content (AvgIpc) is 2.36. The third kappa shape index (κ3) is 4.12. The van der Waals surface area contributed by atoms with Crippen molar-refractivity contribution < 1.29 is 9.53 Å². The van der Waals surface area contributed by atoms with Crippen molar-refractivity contribution >= 4 is 5.97 Å². The molecule has 0 aliphatic heterocycles. The summed E-state index contributed by atoms with van der Waals surface area (Å²) >= 11 is 0. The van der Waals surface area contributed by atoms with Gasteiger partial charge in [-0.15, -0.1) is 0 Å². The number of hydrogen-bond acceptors (Lipinski definition) is 3. The molecule has 0 N–H and O–H groups in total. The standard InChI is InChI=1S/C14H15NO2/c1-3-17-14(16)11(2)7-8-12-5-4-6-13(9-12)10-15/h4-6,9H,2-3,7-8H2,1H3. The molecule has 0 heterocycles. The second-order valence-electron chi connectivity index (χ2n) is 3.64. The monoisotopic (exact) mass is 229 g/mol. The molecule has 88 valence electrons. The lowest BCUT2D eigenvalue weighted by molar-refractivity contribution is -0.138. The smallest absolute Gasteiger partial charge is 0.333 e. The number of nitrogens with zero attached hydrogens (tertiary/aromatic N) is 1. The summed E-state index contributed by atoms with van der Waals surface area (Å²) in [4.78, 5) is 11.3.